The molecule has 1 amide bonds. The molecule has 7 heteroatoms. The summed E-state index contributed by atoms with van der Waals surface area (Å²) in [5.74, 6) is -0.0281. The van der Waals surface area contributed by atoms with Gasteiger partial charge in [-0.3, -0.25) is 0 Å². The summed E-state index contributed by atoms with van der Waals surface area (Å²) >= 11 is 0. The number of hydrogen-bond donors (Lipinski definition) is 0. The van der Waals surface area contributed by atoms with Gasteiger partial charge in [0.15, 0.2) is 0 Å². The molecule has 1 fully saturated rings. The fourth-order valence-corrected chi connectivity index (χ4v) is 2.06. The molecule has 1 aliphatic heterocycles. The van der Waals surface area contributed by atoms with Crippen LogP contribution in [0.25, 0.3) is 0 Å². The Labute approximate surface area is 121 Å². The standard InChI is InChI=1S/C13H24N2O4S/c1-12(2,3)19-11(16)15-8-10(9-15)7-14-20(17,18)13(4,5)6/h7,10H,8-9H2,1-6H3. The van der Waals surface area contributed by atoms with Gasteiger partial charge in [-0.25, -0.2) is 13.2 Å². The second-order valence-electron chi connectivity index (χ2n) is 6.99. The second kappa shape index (κ2) is 5.35. The second-order valence-corrected chi connectivity index (χ2v) is 9.37. The van der Waals surface area contributed by atoms with Gasteiger partial charge in [-0.15, -0.1) is 0 Å². The topological polar surface area (TPSA) is 76.0 Å². The Morgan fingerprint density at radius 2 is 1.70 bits per heavy atom. The van der Waals surface area contributed by atoms with E-state index in [4.69, 9.17) is 4.74 Å². The van der Waals surface area contributed by atoms with E-state index in [9.17, 15) is 13.2 Å². The molecule has 0 unspecified atom stereocenters. The lowest BCUT2D eigenvalue weighted by Crippen LogP contribution is -2.52. The van der Waals surface area contributed by atoms with Crippen molar-refractivity contribution < 1.29 is 17.9 Å². The van der Waals surface area contributed by atoms with Gasteiger partial charge < -0.3 is 9.64 Å². The summed E-state index contributed by atoms with van der Waals surface area (Å²) in [4.78, 5) is 13.2. The molecule has 116 valence electrons. The van der Waals surface area contributed by atoms with Crippen LogP contribution in [-0.2, 0) is 14.8 Å². The number of sulfonamides is 1. The van der Waals surface area contributed by atoms with Crippen LogP contribution in [0.1, 0.15) is 41.5 Å². The lowest BCUT2D eigenvalue weighted by Gasteiger charge is -2.37. The Bertz CT molecular complexity index is 491. The van der Waals surface area contributed by atoms with Gasteiger partial charge in [0.25, 0.3) is 10.0 Å². The minimum absolute atomic E-state index is 0.0281. The minimum atomic E-state index is -3.50. The largest absolute Gasteiger partial charge is 0.444 e. The van der Waals surface area contributed by atoms with Crippen molar-refractivity contribution in [3.63, 3.8) is 0 Å². The molecule has 0 bridgehead atoms. The zero-order chi connectivity index (χ0) is 15.8. The lowest BCUT2D eigenvalue weighted by molar-refractivity contribution is 0.00740. The predicted molar refractivity (Wildman–Crippen MR) is 78.5 cm³/mol. The quantitative estimate of drug-likeness (QED) is 0.732. The van der Waals surface area contributed by atoms with Gasteiger partial charge in [-0.05, 0) is 41.5 Å². The summed E-state index contributed by atoms with van der Waals surface area (Å²) in [5, 5.41) is 0. The first-order valence-electron chi connectivity index (χ1n) is 6.60. The number of likely N-dealkylation sites (tertiary alicyclic amines) is 1. The normalized spacial score (nSPS) is 18.2. The van der Waals surface area contributed by atoms with Gasteiger partial charge in [-0.2, -0.15) is 4.40 Å². The zero-order valence-corrected chi connectivity index (χ0v) is 13.8. The summed E-state index contributed by atoms with van der Waals surface area (Å²) in [6, 6.07) is 0. The number of carbonyl (C=O) groups excluding carboxylic acids is 1. The molecular weight excluding hydrogens is 280 g/mol. The van der Waals surface area contributed by atoms with Crippen LogP contribution >= 0.6 is 0 Å². The molecule has 1 aliphatic rings. The summed E-state index contributed by atoms with van der Waals surface area (Å²) in [6.45, 7) is 11.1. The van der Waals surface area contributed by atoms with Crippen LogP contribution in [0.5, 0.6) is 0 Å². The van der Waals surface area contributed by atoms with Crippen LogP contribution in [-0.4, -0.2) is 49.1 Å². The number of carbonyl (C=O) groups is 1. The third-order valence-corrected chi connectivity index (χ3v) is 4.69. The Hall–Kier alpha value is -1.11. The molecule has 1 rings (SSSR count). The van der Waals surface area contributed by atoms with E-state index < -0.39 is 20.4 Å². The maximum Gasteiger partial charge on any atom is 0.410 e. The highest BCUT2D eigenvalue weighted by Crippen LogP contribution is 2.20. The molecule has 0 aliphatic carbocycles. The predicted octanol–water partition coefficient (Wildman–Crippen LogP) is 2.05. The lowest BCUT2D eigenvalue weighted by atomic mass is 10.0. The van der Waals surface area contributed by atoms with Crippen LogP contribution in [0.2, 0.25) is 0 Å². The molecule has 0 aromatic heterocycles. The smallest absolute Gasteiger partial charge is 0.410 e. The van der Waals surface area contributed by atoms with E-state index in [1.54, 1.807) is 41.5 Å². The van der Waals surface area contributed by atoms with Crippen molar-refractivity contribution in [1.29, 1.82) is 0 Å². The molecule has 0 aromatic rings. The highest BCUT2D eigenvalue weighted by atomic mass is 32.2. The average molecular weight is 304 g/mol. The molecular formula is C13H24N2O4S. The number of ether oxygens (including phenoxy) is 1. The van der Waals surface area contributed by atoms with E-state index in [-0.39, 0.29) is 12.0 Å². The molecule has 1 heterocycles. The van der Waals surface area contributed by atoms with Gasteiger partial charge in [0, 0.05) is 25.2 Å². The Balaban J connectivity index is 2.49. The average Bonchev–Trinajstić information content (AvgIpc) is 2.09. The van der Waals surface area contributed by atoms with E-state index in [2.05, 4.69) is 4.40 Å². The first kappa shape index (κ1) is 16.9. The van der Waals surface area contributed by atoms with Crippen LogP contribution < -0.4 is 0 Å². The maximum atomic E-state index is 11.8. The van der Waals surface area contributed by atoms with Gasteiger partial charge in [0.05, 0.1) is 4.75 Å². The molecule has 0 radical (unpaired) electrons. The van der Waals surface area contributed by atoms with Crippen molar-refractivity contribution in [2.24, 2.45) is 10.3 Å². The molecule has 20 heavy (non-hydrogen) atoms. The first-order chi connectivity index (χ1) is 8.82. The fraction of sp³-hybridized carbons (Fsp3) is 0.846. The van der Waals surface area contributed by atoms with E-state index in [0.29, 0.717) is 13.1 Å². The Kier molecular flexibility index (Phi) is 4.53. The summed E-state index contributed by atoms with van der Waals surface area (Å²) in [7, 11) is -3.50. The third-order valence-electron chi connectivity index (χ3n) is 2.75. The third kappa shape index (κ3) is 4.47. The molecule has 0 spiro atoms. The maximum absolute atomic E-state index is 11.8. The van der Waals surface area contributed by atoms with E-state index in [1.807, 2.05) is 0 Å². The van der Waals surface area contributed by atoms with Gasteiger partial charge in [-0.1, -0.05) is 0 Å². The van der Waals surface area contributed by atoms with Gasteiger partial charge >= 0.3 is 6.09 Å². The van der Waals surface area contributed by atoms with Crippen LogP contribution in [0.3, 0.4) is 0 Å². The van der Waals surface area contributed by atoms with Crippen molar-refractivity contribution in [2.75, 3.05) is 13.1 Å². The summed E-state index contributed by atoms with van der Waals surface area (Å²) in [6.07, 6.45) is 1.04. The van der Waals surface area contributed by atoms with Crippen molar-refractivity contribution in [3.8, 4) is 0 Å². The van der Waals surface area contributed by atoms with Crippen LogP contribution in [0, 0.1) is 5.92 Å². The van der Waals surface area contributed by atoms with Crippen LogP contribution in [0.15, 0.2) is 4.40 Å². The SMILES string of the molecule is CC(C)(C)OC(=O)N1CC(C=NS(=O)(=O)C(C)(C)C)C1. The number of rotatable bonds is 2. The summed E-state index contributed by atoms with van der Waals surface area (Å²) < 4.78 is 31.6. The van der Waals surface area contributed by atoms with E-state index in [0.717, 1.165) is 0 Å². The number of hydrogen-bond acceptors (Lipinski definition) is 4. The molecule has 0 saturated carbocycles. The molecule has 0 atom stereocenters. The summed E-state index contributed by atoms with van der Waals surface area (Å²) in [5.41, 5.74) is -0.522. The minimum Gasteiger partial charge on any atom is -0.444 e. The first-order valence-corrected chi connectivity index (χ1v) is 8.04. The van der Waals surface area contributed by atoms with Crippen molar-refractivity contribution in [3.05, 3.63) is 0 Å². The highest BCUT2D eigenvalue weighted by Gasteiger charge is 2.34. The molecule has 0 aromatic carbocycles. The van der Waals surface area contributed by atoms with Crippen molar-refractivity contribution >= 4 is 22.3 Å². The fourth-order valence-electron chi connectivity index (χ4n) is 1.41. The zero-order valence-electron chi connectivity index (χ0n) is 13.0. The Morgan fingerprint density at radius 1 is 1.20 bits per heavy atom. The molecule has 1 saturated heterocycles. The monoisotopic (exact) mass is 304 g/mol. The Morgan fingerprint density at radius 3 is 2.10 bits per heavy atom. The van der Waals surface area contributed by atoms with Gasteiger partial charge in [0.1, 0.15) is 5.60 Å². The highest BCUT2D eigenvalue weighted by molar-refractivity contribution is 7.91. The van der Waals surface area contributed by atoms with Crippen molar-refractivity contribution in [2.45, 2.75) is 51.9 Å². The van der Waals surface area contributed by atoms with Crippen molar-refractivity contribution in [1.82, 2.24) is 4.90 Å². The van der Waals surface area contributed by atoms with E-state index in [1.165, 1.54) is 11.1 Å². The number of nitrogens with zero attached hydrogens (tertiary/aromatic N) is 2. The molecule has 0 N–H and O–H groups in total. The molecule has 6 nitrogen and oxygen atoms in total. The van der Waals surface area contributed by atoms with Gasteiger partial charge in [0.2, 0.25) is 0 Å². The van der Waals surface area contributed by atoms with Crippen LogP contribution in [0.4, 0.5) is 4.79 Å². The number of amides is 1. The van der Waals surface area contributed by atoms with E-state index >= 15 is 0 Å².